The topological polar surface area (TPSA) is 32.8 Å². The van der Waals surface area contributed by atoms with Crippen LogP contribution in [0.25, 0.3) is 0 Å². The summed E-state index contributed by atoms with van der Waals surface area (Å²) < 4.78 is 5.31. The van der Waals surface area contributed by atoms with E-state index in [9.17, 15) is 4.79 Å². The molecule has 5 heteroatoms. The van der Waals surface area contributed by atoms with Gasteiger partial charge >= 0.3 is 0 Å². The van der Waals surface area contributed by atoms with Gasteiger partial charge in [-0.3, -0.25) is 9.69 Å². The Labute approximate surface area is 184 Å². The van der Waals surface area contributed by atoms with Gasteiger partial charge in [-0.1, -0.05) is 27.7 Å². The van der Waals surface area contributed by atoms with Gasteiger partial charge in [-0.15, -0.1) is 0 Å². The molecular formula is C24H46N2O2S. The first-order valence-electron chi connectivity index (χ1n) is 12.1. The maximum Gasteiger partial charge on any atom is 0.236 e. The molecule has 170 valence electrons. The SMILES string of the molecule is CC(C)CC1CCN(C(=O)CN2CCOCC2)CC1.CC(C)CC1CCSCC1. The molecule has 0 N–H and O–H groups in total. The van der Waals surface area contributed by atoms with Crippen LogP contribution < -0.4 is 0 Å². The first-order valence-corrected chi connectivity index (χ1v) is 13.2. The van der Waals surface area contributed by atoms with E-state index in [1.54, 1.807) is 0 Å². The van der Waals surface area contributed by atoms with Crippen molar-refractivity contribution in [1.29, 1.82) is 0 Å². The van der Waals surface area contributed by atoms with Crippen molar-refractivity contribution in [3.63, 3.8) is 0 Å². The Hall–Kier alpha value is -0.260. The van der Waals surface area contributed by atoms with Crippen molar-refractivity contribution in [2.75, 3.05) is 57.4 Å². The van der Waals surface area contributed by atoms with Crippen molar-refractivity contribution in [2.45, 2.75) is 66.2 Å². The number of hydrogen-bond acceptors (Lipinski definition) is 4. The molecule has 0 aromatic heterocycles. The zero-order chi connectivity index (χ0) is 21.1. The summed E-state index contributed by atoms with van der Waals surface area (Å²) in [6, 6.07) is 0. The van der Waals surface area contributed by atoms with Crippen LogP contribution in [0.4, 0.5) is 0 Å². The summed E-state index contributed by atoms with van der Waals surface area (Å²) in [6.07, 6.45) is 8.10. The molecule has 0 unspecified atom stereocenters. The van der Waals surface area contributed by atoms with E-state index in [1.807, 2.05) is 0 Å². The normalized spacial score (nSPS) is 22.6. The lowest BCUT2D eigenvalue weighted by Crippen LogP contribution is -2.47. The maximum absolute atomic E-state index is 12.2. The number of carbonyl (C=O) groups is 1. The second kappa shape index (κ2) is 13.9. The molecule has 0 saturated carbocycles. The van der Waals surface area contributed by atoms with Crippen molar-refractivity contribution < 1.29 is 9.53 Å². The van der Waals surface area contributed by atoms with Gasteiger partial charge in [0.2, 0.25) is 5.91 Å². The lowest BCUT2D eigenvalue weighted by atomic mass is 9.88. The number of amides is 1. The zero-order valence-electron chi connectivity index (χ0n) is 19.5. The molecule has 0 radical (unpaired) electrons. The molecule has 0 aromatic carbocycles. The molecule has 3 saturated heterocycles. The summed E-state index contributed by atoms with van der Waals surface area (Å²) in [6.45, 7) is 15.1. The maximum atomic E-state index is 12.2. The van der Waals surface area contributed by atoms with Crippen molar-refractivity contribution in [1.82, 2.24) is 9.80 Å². The largest absolute Gasteiger partial charge is 0.379 e. The molecule has 3 rings (SSSR count). The number of rotatable bonds is 6. The van der Waals surface area contributed by atoms with Crippen molar-refractivity contribution >= 4 is 17.7 Å². The fourth-order valence-corrected chi connectivity index (χ4v) is 5.99. The molecule has 1 amide bonds. The Morgan fingerprint density at radius 1 is 0.862 bits per heavy atom. The van der Waals surface area contributed by atoms with Gasteiger partial charge in [-0.05, 0) is 73.7 Å². The highest BCUT2D eigenvalue weighted by atomic mass is 32.2. The number of carbonyl (C=O) groups excluding carboxylic acids is 1. The summed E-state index contributed by atoms with van der Waals surface area (Å²) in [5.41, 5.74) is 0. The van der Waals surface area contributed by atoms with Crippen LogP contribution in [0.5, 0.6) is 0 Å². The minimum atomic E-state index is 0.310. The van der Waals surface area contributed by atoms with Crippen LogP contribution in [0.3, 0.4) is 0 Å². The predicted octanol–water partition coefficient (Wildman–Crippen LogP) is 4.78. The third-order valence-electron chi connectivity index (χ3n) is 6.38. The zero-order valence-corrected chi connectivity index (χ0v) is 20.4. The third-order valence-corrected chi connectivity index (χ3v) is 7.43. The van der Waals surface area contributed by atoms with Gasteiger partial charge < -0.3 is 9.64 Å². The summed E-state index contributed by atoms with van der Waals surface area (Å²) in [4.78, 5) is 16.5. The molecular weight excluding hydrogens is 380 g/mol. The third kappa shape index (κ3) is 10.5. The highest BCUT2D eigenvalue weighted by Gasteiger charge is 2.24. The Morgan fingerprint density at radius 3 is 1.90 bits per heavy atom. The average Bonchev–Trinajstić information content (AvgIpc) is 2.69. The number of nitrogens with zero attached hydrogens (tertiary/aromatic N) is 2. The minimum absolute atomic E-state index is 0.310. The van der Waals surface area contributed by atoms with Crippen LogP contribution >= 0.6 is 11.8 Å². The Morgan fingerprint density at radius 2 is 1.38 bits per heavy atom. The van der Waals surface area contributed by atoms with Crippen LogP contribution in [0.2, 0.25) is 0 Å². The lowest BCUT2D eigenvalue weighted by Gasteiger charge is -2.35. The number of thioether (sulfide) groups is 1. The standard InChI is InChI=1S/C15H28N2O2.C9H18S/c1-13(2)11-14-3-5-17(6-4-14)15(18)12-16-7-9-19-10-8-16;1-8(2)7-9-3-5-10-6-4-9/h13-14H,3-12H2,1-2H3;8-9H,3-7H2,1-2H3. The van der Waals surface area contributed by atoms with Crippen LogP contribution in [-0.4, -0.2) is 73.2 Å². The van der Waals surface area contributed by atoms with Gasteiger partial charge in [-0.25, -0.2) is 0 Å². The lowest BCUT2D eigenvalue weighted by molar-refractivity contribution is -0.134. The monoisotopic (exact) mass is 426 g/mol. The van der Waals surface area contributed by atoms with E-state index in [0.29, 0.717) is 12.5 Å². The van der Waals surface area contributed by atoms with E-state index in [0.717, 1.165) is 63.1 Å². The molecule has 4 nitrogen and oxygen atoms in total. The molecule has 0 aliphatic carbocycles. The summed E-state index contributed by atoms with van der Waals surface area (Å²) in [5, 5.41) is 0. The van der Waals surface area contributed by atoms with Crippen molar-refractivity contribution in [2.24, 2.45) is 23.7 Å². The Bertz CT molecular complexity index is 438. The van der Waals surface area contributed by atoms with Gasteiger partial charge in [0.15, 0.2) is 0 Å². The highest BCUT2D eigenvalue weighted by molar-refractivity contribution is 7.99. The van der Waals surface area contributed by atoms with Gasteiger partial charge in [0.25, 0.3) is 0 Å². The molecule has 0 atom stereocenters. The molecule has 3 fully saturated rings. The number of ether oxygens (including phenoxy) is 1. The first kappa shape index (κ1) is 25.0. The van der Waals surface area contributed by atoms with E-state index < -0.39 is 0 Å². The smallest absolute Gasteiger partial charge is 0.236 e. The predicted molar refractivity (Wildman–Crippen MR) is 126 cm³/mol. The fourth-order valence-electron chi connectivity index (χ4n) is 4.78. The Balaban J connectivity index is 0.000000253. The molecule has 0 spiro atoms. The molecule has 29 heavy (non-hydrogen) atoms. The van der Waals surface area contributed by atoms with Crippen LogP contribution in [0, 0.1) is 23.7 Å². The number of morpholine rings is 1. The van der Waals surface area contributed by atoms with Gasteiger partial charge in [-0.2, -0.15) is 11.8 Å². The van der Waals surface area contributed by atoms with E-state index in [1.165, 1.54) is 50.0 Å². The quantitative estimate of drug-likeness (QED) is 0.612. The molecule has 3 aliphatic rings. The van der Waals surface area contributed by atoms with E-state index in [-0.39, 0.29) is 0 Å². The number of piperidine rings is 1. The molecule has 0 bridgehead atoms. The number of likely N-dealkylation sites (tertiary alicyclic amines) is 1. The van der Waals surface area contributed by atoms with E-state index >= 15 is 0 Å². The number of hydrogen-bond donors (Lipinski definition) is 0. The van der Waals surface area contributed by atoms with E-state index in [4.69, 9.17) is 4.74 Å². The summed E-state index contributed by atoms with van der Waals surface area (Å²) in [5.74, 6) is 6.71. The minimum Gasteiger partial charge on any atom is -0.379 e. The van der Waals surface area contributed by atoms with Gasteiger partial charge in [0, 0.05) is 26.2 Å². The fraction of sp³-hybridized carbons (Fsp3) is 0.958. The van der Waals surface area contributed by atoms with Crippen molar-refractivity contribution in [3.8, 4) is 0 Å². The van der Waals surface area contributed by atoms with Crippen LogP contribution in [0.1, 0.15) is 66.2 Å². The molecule has 3 aliphatic heterocycles. The Kier molecular flexibility index (Phi) is 12.0. The van der Waals surface area contributed by atoms with E-state index in [2.05, 4.69) is 49.3 Å². The van der Waals surface area contributed by atoms with Gasteiger partial charge in [0.1, 0.15) is 0 Å². The molecule has 0 aromatic rings. The van der Waals surface area contributed by atoms with Crippen LogP contribution in [-0.2, 0) is 9.53 Å². The van der Waals surface area contributed by atoms with Crippen molar-refractivity contribution in [3.05, 3.63) is 0 Å². The average molecular weight is 427 g/mol. The first-order chi connectivity index (χ1) is 13.9. The van der Waals surface area contributed by atoms with Gasteiger partial charge in [0.05, 0.1) is 19.8 Å². The second-order valence-corrected chi connectivity index (χ2v) is 11.3. The van der Waals surface area contributed by atoms with Crippen LogP contribution in [0.15, 0.2) is 0 Å². The molecule has 3 heterocycles. The summed E-state index contributed by atoms with van der Waals surface area (Å²) in [7, 11) is 0. The summed E-state index contributed by atoms with van der Waals surface area (Å²) >= 11 is 2.13. The highest BCUT2D eigenvalue weighted by Crippen LogP contribution is 2.27. The second-order valence-electron chi connectivity index (χ2n) is 10.0.